The van der Waals surface area contributed by atoms with Crippen molar-refractivity contribution in [1.29, 1.82) is 0 Å². The zero-order chi connectivity index (χ0) is 33.3. The Bertz CT molecular complexity index is 1680. The van der Waals surface area contributed by atoms with Gasteiger partial charge in [0.25, 0.3) is 0 Å². The van der Waals surface area contributed by atoms with Gasteiger partial charge in [-0.1, -0.05) is 26.8 Å². The number of aromatic carboxylic acids is 1. The highest BCUT2D eigenvalue weighted by molar-refractivity contribution is 5.92. The van der Waals surface area contributed by atoms with Crippen LogP contribution in [0.1, 0.15) is 93.3 Å². The summed E-state index contributed by atoms with van der Waals surface area (Å²) >= 11 is 0. The summed E-state index contributed by atoms with van der Waals surface area (Å²) in [6.07, 6.45) is 6.20. The largest absolute Gasteiger partial charge is 0.482 e. The van der Waals surface area contributed by atoms with E-state index in [0.29, 0.717) is 28.8 Å². The van der Waals surface area contributed by atoms with Crippen molar-refractivity contribution in [3.05, 3.63) is 52.6 Å². The summed E-state index contributed by atoms with van der Waals surface area (Å²) in [6.45, 7) is 12.2. The molecule has 10 heteroatoms. The average molecular weight is 681 g/mol. The number of anilines is 1. The maximum Gasteiger partial charge on any atom is 0.417 e. The third kappa shape index (κ3) is 4.32. The number of benzene rings is 2. The van der Waals surface area contributed by atoms with E-state index in [9.17, 15) is 19.8 Å². The number of piperidine rings is 1. The Balaban J connectivity index is 0.00000364. The summed E-state index contributed by atoms with van der Waals surface area (Å²) < 4.78 is 19.9. The van der Waals surface area contributed by atoms with Gasteiger partial charge in [-0.25, -0.2) is 9.59 Å². The first-order chi connectivity index (χ1) is 22.2. The fourth-order valence-electron chi connectivity index (χ4n) is 10.9. The van der Waals surface area contributed by atoms with Crippen LogP contribution in [0.2, 0.25) is 0 Å². The van der Waals surface area contributed by atoms with Crippen molar-refractivity contribution in [2.45, 2.75) is 108 Å². The Morgan fingerprint density at radius 2 is 1.85 bits per heavy atom. The molecule has 7 atom stereocenters. The number of methoxy groups -OCH3 is 1. The number of nitrogens with zero attached hydrogens (tertiary/aromatic N) is 1. The highest BCUT2D eigenvalue weighted by Gasteiger charge is 2.82. The summed E-state index contributed by atoms with van der Waals surface area (Å²) in [7, 11) is 1.79. The van der Waals surface area contributed by atoms with Crippen LogP contribution < -0.4 is 14.8 Å². The van der Waals surface area contributed by atoms with E-state index in [4.69, 9.17) is 14.2 Å². The molecule has 3 N–H and O–H groups in total. The minimum atomic E-state index is -1.01. The van der Waals surface area contributed by atoms with Crippen molar-refractivity contribution in [3.63, 3.8) is 0 Å². The fraction of sp³-hybridized carbons (Fsp3) is 0.632. The van der Waals surface area contributed by atoms with Crippen LogP contribution in [0.25, 0.3) is 0 Å². The molecule has 2 aromatic carbocycles. The summed E-state index contributed by atoms with van der Waals surface area (Å²) in [4.78, 5) is 27.6. The van der Waals surface area contributed by atoms with E-state index >= 15 is 0 Å². The lowest BCUT2D eigenvalue weighted by atomic mass is 9.33. The quantitative estimate of drug-likeness (QED) is 0.294. The second kappa shape index (κ2) is 10.8. The van der Waals surface area contributed by atoms with Crippen LogP contribution in [0, 0.1) is 29.6 Å². The summed E-state index contributed by atoms with van der Waals surface area (Å²) in [6, 6.07) is 9.01. The van der Waals surface area contributed by atoms with Crippen molar-refractivity contribution in [1.82, 2.24) is 4.90 Å². The third-order valence-electron chi connectivity index (χ3n) is 13.7. The molecule has 2 heterocycles. The number of aliphatic hydroxyl groups is 1. The molecule has 0 radical (unpaired) electrons. The van der Waals surface area contributed by atoms with E-state index < -0.39 is 23.3 Å². The molecular formula is C38H49ClN2O7. The molecule has 2 spiro atoms. The number of carboxylic acids is 1. The van der Waals surface area contributed by atoms with Crippen molar-refractivity contribution < 1.29 is 34.0 Å². The lowest BCUT2D eigenvalue weighted by molar-refractivity contribution is -0.312. The van der Waals surface area contributed by atoms with Gasteiger partial charge in [-0.05, 0) is 112 Å². The van der Waals surface area contributed by atoms with Crippen LogP contribution >= 0.6 is 12.4 Å². The number of hydrogen-bond acceptors (Lipinski definition) is 7. The lowest BCUT2D eigenvalue weighted by Gasteiger charge is -2.75. The average Bonchev–Trinajstić information content (AvgIpc) is 3.75. The molecule has 9 rings (SSSR count). The van der Waals surface area contributed by atoms with Crippen LogP contribution in [-0.2, 0) is 16.6 Å². The van der Waals surface area contributed by atoms with Crippen LogP contribution in [-0.4, -0.2) is 70.7 Å². The van der Waals surface area contributed by atoms with E-state index in [2.05, 4.69) is 37.1 Å². The normalized spacial score (nSPS) is 33.9. The Labute approximate surface area is 289 Å². The zero-order valence-electron chi connectivity index (χ0n) is 28.9. The number of aryl methyl sites for hydroxylation is 1. The van der Waals surface area contributed by atoms with E-state index in [1.807, 2.05) is 13.0 Å². The lowest BCUT2D eigenvalue weighted by Crippen LogP contribution is -2.83. The molecular weight excluding hydrogens is 632 g/mol. The Hall–Kier alpha value is -2.85. The minimum Gasteiger partial charge on any atom is -0.482 e. The molecule has 2 aromatic rings. The highest BCUT2D eigenvalue weighted by atomic mass is 35.5. The van der Waals surface area contributed by atoms with Gasteiger partial charge >= 0.3 is 12.1 Å². The van der Waals surface area contributed by atoms with Crippen molar-refractivity contribution >= 4 is 30.2 Å². The maximum atomic E-state index is 13.3. The number of halogens is 1. The molecule has 48 heavy (non-hydrogen) atoms. The van der Waals surface area contributed by atoms with Gasteiger partial charge in [-0.3, -0.25) is 10.2 Å². The summed E-state index contributed by atoms with van der Waals surface area (Å²) in [5.41, 5.74) is 1.12. The highest BCUT2D eigenvalue weighted by Crippen LogP contribution is 2.78. The van der Waals surface area contributed by atoms with Gasteiger partial charge in [0.1, 0.15) is 11.7 Å². The Morgan fingerprint density at radius 1 is 1.10 bits per heavy atom. The van der Waals surface area contributed by atoms with Gasteiger partial charge < -0.3 is 24.4 Å². The van der Waals surface area contributed by atoms with Gasteiger partial charge in [0.15, 0.2) is 11.5 Å². The van der Waals surface area contributed by atoms with E-state index in [1.165, 1.54) is 30.0 Å². The number of likely N-dealkylation sites (tertiary alicyclic amines) is 1. The number of carboxylic acid groups (broad SMARTS) is 1. The fourth-order valence-corrected chi connectivity index (χ4v) is 10.9. The molecule has 0 aromatic heterocycles. The molecule has 4 saturated carbocycles. The summed E-state index contributed by atoms with van der Waals surface area (Å²) in [5, 5.41) is 24.6. The van der Waals surface area contributed by atoms with Gasteiger partial charge in [-0.2, -0.15) is 0 Å². The maximum absolute atomic E-state index is 13.3. The standard InChI is InChI=1S/C38H48N2O7.ClH/c1-21-17-24(10-11-25(21)31(41)42)39-33(43)46-26-12-9-23-18-28-36-13-14-38(45-6,27(19-36)35(5,44)34(2,3)4)32-37(36,29(23)30(26)47-32)15-16-40(28)20-22-7-8-22;/h9-12,17,22,27-28,32,44H,7-8,13-16,18-20H2,1-6H3,(H,39,43)(H,41,42);1H/t27-,28-,32-,35+,36?,37?,38-;/m1./s1. The molecule has 2 aliphatic heterocycles. The number of hydrogen-bond donors (Lipinski definition) is 3. The molecule has 4 bridgehead atoms. The molecule has 1 amide bonds. The SMILES string of the molecule is CO[C@]12CCC3(C[C@@H]1[C@](C)(O)C(C)(C)C)[C@H]1Cc4ccc(OC(=O)Nc5ccc(C(=O)O)c(C)c5)c5c4C3(CCN1CC1CC1)[C@H]2O5.Cl. The van der Waals surface area contributed by atoms with E-state index in [-0.39, 0.29) is 46.2 Å². The Morgan fingerprint density at radius 3 is 2.50 bits per heavy atom. The monoisotopic (exact) mass is 680 g/mol. The second-order valence-corrected chi connectivity index (χ2v) is 16.6. The number of ether oxygens (including phenoxy) is 3. The molecule has 5 fully saturated rings. The number of fused-ring (bicyclic) bond motifs is 2. The van der Waals surface area contributed by atoms with Gasteiger partial charge in [0, 0.05) is 47.7 Å². The first-order valence-electron chi connectivity index (χ1n) is 17.4. The first kappa shape index (κ1) is 33.6. The zero-order valence-corrected chi connectivity index (χ0v) is 29.7. The van der Waals surface area contributed by atoms with Crippen molar-refractivity contribution in [2.75, 3.05) is 25.5 Å². The van der Waals surface area contributed by atoms with Crippen molar-refractivity contribution in [2.24, 2.45) is 22.7 Å². The number of carbonyl (C=O) groups is 2. The number of carbonyl (C=O) groups excluding carboxylic acids is 1. The van der Waals surface area contributed by atoms with Gasteiger partial charge in [-0.15, -0.1) is 12.4 Å². The van der Waals surface area contributed by atoms with Gasteiger partial charge in [0.05, 0.1) is 11.2 Å². The molecule has 260 valence electrons. The van der Waals surface area contributed by atoms with Crippen LogP contribution in [0.4, 0.5) is 10.5 Å². The van der Waals surface area contributed by atoms with Crippen LogP contribution in [0.15, 0.2) is 30.3 Å². The third-order valence-corrected chi connectivity index (χ3v) is 13.7. The molecule has 7 aliphatic rings. The Kier molecular flexibility index (Phi) is 7.58. The van der Waals surface area contributed by atoms with Gasteiger partial charge in [0.2, 0.25) is 0 Å². The number of amides is 1. The number of nitrogens with one attached hydrogen (secondary N) is 1. The predicted octanol–water partition coefficient (Wildman–Crippen LogP) is 6.75. The van der Waals surface area contributed by atoms with Crippen LogP contribution in [0.3, 0.4) is 0 Å². The molecule has 5 aliphatic carbocycles. The first-order valence-corrected chi connectivity index (χ1v) is 17.4. The second-order valence-electron chi connectivity index (χ2n) is 16.6. The molecule has 2 unspecified atom stereocenters. The van der Waals surface area contributed by atoms with E-state index in [1.54, 1.807) is 26.2 Å². The van der Waals surface area contributed by atoms with E-state index in [0.717, 1.165) is 51.1 Å². The topological polar surface area (TPSA) is 118 Å². The molecule has 1 saturated heterocycles. The van der Waals surface area contributed by atoms with Crippen LogP contribution in [0.5, 0.6) is 11.5 Å². The smallest absolute Gasteiger partial charge is 0.417 e. The minimum absolute atomic E-state index is 0. The summed E-state index contributed by atoms with van der Waals surface area (Å²) in [5.74, 6) is 0.640. The molecule has 9 nitrogen and oxygen atoms in total. The van der Waals surface area contributed by atoms with Crippen molar-refractivity contribution in [3.8, 4) is 11.5 Å². The predicted molar refractivity (Wildman–Crippen MR) is 184 cm³/mol. The number of rotatable bonds is 7.